The molecule has 0 spiro atoms. The summed E-state index contributed by atoms with van der Waals surface area (Å²) in [5.41, 5.74) is 2.12. The number of hydrogen-bond acceptors (Lipinski definition) is 3. The molecule has 0 radical (unpaired) electrons. The Morgan fingerprint density at radius 1 is 1.14 bits per heavy atom. The third-order valence-electron chi connectivity index (χ3n) is 3.48. The third kappa shape index (κ3) is 3.76. The zero-order valence-corrected chi connectivity index (χ0v) is 12.5. The largest absolute Gasteiger partial charge is 0.491 e. The van der Waals surface area contributed by atoms with Crippen LogP contribution >= 0.6 is 11.6 Å². The molecule has 1 heterocycles. The molecule has 0 bridgehead atoms. The van der Waals surface area contributed by atoms with Gasteiger partial charge in [0, 0.05) is 23.7 Å². The van der Waals surface area contributed by atoms with Gasteiger partial charge in [0.1, 0.15) is 18.5 Å². The summed E-state index contributed by atoms with van der Waals surface area (Å²) in [6.07, 6.45) is 0.127. The van der Waals surface area contributed by atoms with E-state index in [1.165, 1.54) is 0 Å². The van der Waals surface area contributed by atoms with Crippen LogP contribution in [-0.4, -0.2) is 32.4 Å². The fraction of sp³-hybridized carbons (Fsp3) is 0.294. The molecule has 1 N–H and O–H groups in total. The van der Waals surface area contributed by atoms with E-state index in [4.69, 9.17) is 21.1 Å². The molecule has 3 rings (SSSR count). The van der Waals surface area contributed by atoms with Crippen LogP contribution in [0, 0.1) is 0 Å². The zero-order chi connectivity index (χ0) is 14.5. The van der Waals surface area contributed by atoms with Gasteiger partial charge in [0.25, 0.3) is 0 Å². The highest BCUT2D eigenvalue weighted by Gasteiger charge is 2.13. The lowest BCUT2D eigenvalue weighted by Crippen LogP contribution is -2.41. The summed E-state index contributed by atoms with van der Waals surface area (Å²) in [7, 11) is 0. The molecule has 0 aliphatic carbocycles. The average molecular weight is 304 g/mol. The predicted octanol–water partition coefficient (Wildman–Crippen LogP) is 3.37. The molecule has 0 aromatic heterocycles. The summed E-state index contributed by atoms with van der Waals surface area (Å²) < 4.78 is 11.4. The van der Waals surface area contributed by atoms with E-state index >= 15 is 0 Å². The van der Waals surface area contributed by atoms with Crippen molar-refractivity contribution in [1.29, 1.82) is 0 Å². The van der Waals surface area contributed by atoms with Gasteiger partial charge >= 0.3 is 0 Å². The number of ether oxygens (including phenoxy) is 2. The Hall–Kier alpha value is -1.55. The van der Waals surface area contributed by atoms with Gasteiger partial charge in [-0.3, -0.25) is 0 Å². The van der Waals surface area contributed by atoms with Crippen LogP contribution in [-0.2, 0) is 4.74 Å². The molecule has 0 saturated carbocycles. The van der Waals surface area contributed by atoms with Crippen molar-refractivity contribution in [3.05, 3.63) is 53.6 Å². The van der Waals surface area contributed by atoms with Crippen molar-refractivity contribution in [1.82, 2.24) is 5.32 Å². The van der Waals surface area contributed by atoms with Crippen molar-refractivity contribution in [2.24, 2.45) is 0 Å². The van der Waals surface area contributed by atoms with Crippen molar-refractivity contribution in [2.75, 3.05) is 26.3 Å². The topological polar surface area (TPSA) is 30.5 Å². The maximum atomic E-state index is 6.21. The van der Waals surface area contributed by atoms with Gasteiger partial charge in [-0.05, 0) is 23.8 Å². The number of nitrogens with one attached hydrogen (secondary N) is 1. The molecule has 2 aromatic rings. The first-order valence-corrected chi connectivity index (χ1v) is 7.51. The fourth-order valence-electron chi connectivity index (χ4n) is 2.34. The van der Waals surface area contributed by atoms with Gasteiger partial charge in [0.15, 0.2) is 0 Å². The highest BCUT2D eigenvalue weighted by Crippen LogP contribution is 2.28. The van der Waals surface area contributed by atoms with Crippen LogP contribution in [0.5, 0.6) is 5.75 Å². The summed E-state index contributed by atoms with van der Waals surface area (Å²) in [6, 6.07) is 15.8. The third-order valence-corrected chi connectivity index (χ3v) is 3.81. The minimum atomic E-state index is 0.127. The summed E-state index contributed by atoms with van der Waals surface area (Å²) in [5.74, 6) is 0.847. The van der Waals surface area contributed by atoms with E-state index in [-0.39, 0.29) is 6.10 Å². The molecular formula is C17H18ClNO2. The number of hydrogen-bond donors (Lipinski definition) is 1. The number of rotatable bonds is 4. The second-order valence-electron chi connectivity index (χ2n) is 5.01. The minimum Gasteiger partial charge on any atom is -0.491 e. The maximum Gasteiger partial charge on any atom is 0.119 e. The smallest absolute Gasteiger partial charge is 0.119 e. The first-order chi connectivity index (χ1) is 10.3. The summed E-state index contributed by atoms with van der Waals surface area (Å²) in [5, 5.41) is 4.05. The van der Waals surface area contributed by atoms with Gasteiger partial charge < -0.3 is 14.8 Å². The van der Waals surface area contributed by atoms with Gasteiger partial charge in [-0.2, -0.15) is 0 Å². The normalized spacial score (nSPS) is 18.4. The first kappa shape index (κ1) is 14.4. The Bertz CT molecular complexity index is 580. The van der Waals surface area contributed by atoms with E-state index in [2.05, 4.69) is 5.32 Å². The summed E-state index contributed by atoms with van der Waals surface area (Å²) in [6.45, 7) is 3.08. The highest BCUT2D eigenvalue weighted by atomic mass is 35.5. The Kier molecular flexibility index (Phi) is 4.76. The van der Waals surface area contributed by atoms with E-state index in [0.29, 0.717) is 6.61 Å². The van der Waals surface area contributed by atoms with Gasteiger partial charge in [-0.1, -0.05) is 41.9 Å². The standard InChI is InChI=1S/C17H18ClNO2/c18-17-4-2-1-3-16(17)13-5-7-14(8-6-13)21-12-15-11-19-9-10-20-15/h1-8,15,19H,9-12H2. The molecule has 1 fully saturated rings. The average Bonchev–Trinajstić information content (AvgIpc) is 2.55. The Balaban J connectivity index is 1.63. The van der Waals surface area contributed by atoms with Crippen molar-refractivity contribution in [3.63, 3.8) is 0 Å². The Morgan fingerprint density at radius 2 is 1.95 bits per heavy atom. The number of morpholine rings is 1. The van der Waals surface area contributed by atoms with Crippen molar-refractivity contribution in [2.45, 2.75) is 6.10 Å². The molecule has 0 amide bonds. The van der Waals surface area contributed by atoms with Crippen LogP contribution in [0.25, 0.3) is 11.1 Å². The van der Waals surface area contributed by atoms with Crippen molar-refractivity contribution < 1.29 is 9.47 Å². The van der Waals surface area contributed by atoms with Crippen LogP contribution < -0.4 is 10.1 Å². The molecule has 4 heteroatoms. The second-order valence-corrected chi connectivity index (χ2v) is 5.42. The quantitative estimate of drug-likeness (QED) is 0.939. The van der Waals surface area contributed by atoms with Gasteiger partial charge in [0.05, 0.1) is 6.61 Å². The molecule has 1 aliphatic rings. The fourth-order valence-corrected chi connectivity index (χ4v) is 2.59. The molecule has 1 saturated heterocycles. The van der Waals surface area contributed by atoms with E-state index in [9.17, 15) is 0 Å². The van der Waals surface area contributed by atoms with Gasteiger partial charge in [-0.15, -0.1) is 0 Å². The van der Waals surface area contributed by atoms with E-state index in [0.717, 1.165) is 41.6 Å². The molecule has 3 nitrogen and oxygen atoms in total. The molecule has 1 unspecified atom stereocenters. The molecule has 2 aromatic carbocycles. The number of halogens is 1. The second kappa shape index (κ2) is 6.94. The molecule has 1 aliphatic heterocycles. The van der Waals surface area contributed by atoms with E-state index < -0.39 is 0 Å². The number of benzene rings is 2. The van der Waals surface area contributed by atoms with Crippen LogP contribution in [0.15, 0.2) is 48.5 Å². The summed E-state index contributed by atoms with van der Waals surface area (Å²) in [4.78, 5) is 0. The molecule has 1 atom stereocenters. The summed E-state index contributed by atoms with van der Waals surface area (Å²) >= 11 is 6.21. The lowest BCUT2D eigenvalue weighted by Gasteiger charge is -2.23. The Labute approximate surface area is 129 Å². The van der Waals surface area contributed by atoms with E-state index in [1.807, 2.05) is 48.5 Å². The Morgan fingerprint density at radius 3 is 2.67 bits per heavy atom. The van der Waals surface area contributed by atoms with Gasteiger partial charge in [0.2, 0.25) is 0 Å². The van der Waals surface area contributed by atoms with Crippen LogP contribution in [0.3, 0.4) is 0 Å². The lowest BCUT2D eigenvalue weighted by atomic mass is 10.1. The maximum absolute atomic E-state index is 6.21. The minimum absolute atomic E-state index is 0.127. The zero-order valence-electron chi connectivity index (χ0n) is 11.7. The first-order valence-electron chi connectivity index (χ1n) is 7.13. The van der Waals surface area contributed by atoms with Crippen molar-refractivity contribution in [3.8, 4) is 16.9 Å². The monoisotopic (exact) mass is 303 g/mol. The van der Waals surface area contributed by atoms with Crippen LogP contribution in [0.4, 0.5) is 0 Å². The lowest BCUT2D eigenvalue weighted by molar-refractivity contribution is 0.000198. The van der Waals surface area contributed by atoms with Crippen LogP contribution in [0.2, 0.25) is 5.02 Å². The van der Waals surface area contributed by atoms with Crippen LogP contribution in [0.1, 0.15) is 0 Å². The molecule has 110 valence electrons. The van der Waals surface area contributed by atoms with Gasteiger partial charge in [-0.25, -0.2) is 0 Å². The predicted molar refractivity (Wildman–Crippen MR) is 85.0 cm³/mol. The highest BCUT2D eigenvalue weighted by molar-refractivity contribution is 6.33. The molecular weight excluding hydrogens is 286 g/mol. The molecule has 21 heavy (non-hydrogen) atoms. The van der Waals surface area contributed by atoms with Crippen molar-refractivity contribution >= 4 is 11.6 Å². The SMILES string of the molecule is Clc1ccccc1-c1ccc(OCC2CNCCO2)cc1. The van der Waals surface area contributed by atoms with E-state index in [1.54, 1.807) is 0 Å².